The Morgan fingerprint density at radius 1 is 0.833 bits per heavy atom. The Labute approximate surface area is 244 Å². The SMILES string of the molecule is O=C(O)CCN(CCc1cccnc1)C(=O)c1ccccc1-c1ccccc1C(=O)N1Cc2ccccc2C[C@H]1CO. The summed E-state index contributed by atoms with van der Waals surface area (Å²) >= 11 is 0. The van der Waals surface area contributed by atoms with Crippen LogP contribution < -0.4 is 0 Å². The molecule has 0 aliphatic carbocycles. The average molecular weight is 564 g/mol. The molecular formula is C34H33N3O5. The van der Waals surface area contributed by atoms with Crippen LogP contribution >= 0.6 is 0 Å². The van der Waals surface area contributed by atoms with E-state index in [2.05, 4.69) is 4.98 Å². The lowest BCUT2D eigenvalue weighted by Gasteiger charge is -2.36. The van der Waals surface area contributed by atoms with Gasteiger partial charge in [-0.3, -0.25) is 19.4 Å². The lowest BCUT2D eigenvalue weighted by atomic mass is 9.91. The molecule has 2 heterocycles. The van der Waals surface area contributed by atoms with E-state index < -0.39 is 5.97 Å². The predicted molar refractivity (Wildman–Crippen MR) is 159 cm³/mol. The van der Waals surface area contributed by atoms with Gasteiger partial charge in [-0.25, -0.2) is 0 Å². The molecule has 1 aromatic heterocycles. The van der Waals surface area contributed by atoms with Gasteiger partial charge in [0.15, 0.2) is 0 Å². The summed E-state index contributed by atoms with van der Waals surface area (Å²) in [4.78, 5) is 46.9. The third-order valence-corrected chi connectivity index (χ3v) is 7.71. The van der Waals surface area contributed by atoms with Gasteiger partial charge in [-0.2, -0.15) is 0 Å². The second-order valence-corrected chi connectivity index (χ2v) is 10.4. The number of aliphatic hydroxyl groups is 1. The molecule has 8 heteroatoms. The van der Waals surface area contributed by atoms with Crippen molar-refractivity contribution < 1.29 is 24.6 Å². The molecule has 1 aliphatic heterocycles. The second kappa shape index (κ2) is 13.2. The lowest BCUT2D eigenvalue weighted by Crippen LogP contribution is -2.46. The van der Waals surface area contributed by atoms with Crippen molar-refractivity contribution in [2.24, 2.45) is 0 Å². The molecule has 214 valence electrons. The maximum Gasteiger partial charge on any atom is 0.305 e. The van der Waals surface area contributed by atoms with E-state index in [-0.39, 0.29) is 37.4 Å². The van der Waals surface area contributed by atoms with Crippen molar-refractivity contribution in [1.29, 1.82) is 0 Å². The molecule has 4 aromatic rings. The molecule has 2 N–H and O–H groups in total. The maximum atomic E-state index is 14.1. The zero-order valence-electron chi connectivity index (χ0n) is 23.2. The Hall–Kier alpha value is -4.82. The van der Waals surface area contributed by atoms with Crippen molar-refractivity contribution >= 4 is 17.8 Å². The van der Waals surface area contributed by atoms with Gasteiger partial charge in [0.05, 0.1) is 19.1 Å². The third kappa shape index (κ3) is 6.39. The standard InChI is InChI=1S/C34H33N3O5/c38-23-27-20-25-9-1-2-10-26(25)22-37(27)34(42)31-14-6-4-12-29(31)28-11-3-5-13-30(28)33(41)36(19-16-32(39)40)18-15-24-8-7-17-35-21-24/h1-14,17,21,27,38H,15-16,18-20,22-23H2,(H,39,40)/t27-/m0/s1. The number of benzene rings is 3. The minimum absolute atomic E-state index is 0.0503. The number of nitrogens with zero attached hydrogens (tertiary/aromatic N) is 3. The third-order valence-electron chi connectivity index (χ3n) is 7.71. The normalized spacial score (nSPS) is 14.2. The first-order valence-electron chi connectivity index (χ1n) is 14.0. The van der Waals surface area contributed by atoms with Crippen LogP contribution in [0.1, 0.15) is 43.8 Å². The number of aromatic nitrogens is 1. The van der Waals surface area contributed by atoms with E-state index in [1.165, 1.54) is 0 Å². The van der Waals surface area contributed by atoms with Gasteiger partial charge in [-0.15, -0.1) is 0 Å². The van der Waals surface area contributed by atoms with E-state index in [1.807, 2.05) is 60.7 Å². The number of carboxylic acid groups (broad SMARTS) is 1. The molecule has 1 aliphatic rings. The summed E-state index contributed by atoms with van der Waals surface area (Å²) in [6.07, 6.45) is 4.31. The number of rotatable bonds is 10. The van der Waals surface area contributed by atoms with Crippen LogP contribution in [0.2, 0.25) is 0 Å². The van der Waals surface area contributed by atoms with Crippen molar-refractivity contribution in [1.82, 2.24) is 14.8 Å². The fraction of sp³-hybridized carbons (Fsp3) is 0.235. The minimum atomic E-state index is -0.986. The predicted octanol–water partition coefficient (Wildman–Crippen LogP) is 4.47. The summed E-state index contributed by atoms with van der Waals surface area (Å²) in [6, 6.07) is 25.6. The van der Waals surface area contributed by atoms with Gasteiger partial charge in [-0.1, -0.05) is 66.7 Å². The molecule has 5 rings (SSSR count). The highest BCUT2D eigenvalue weighted by molar-refractivity contribution is 6.06. The van der Waals surface area contributed by atoms with Crippen molar-refractivity contribution in [3.63, 3.8) is 0 Å². The molecule has 0 fully saturated rings. The van der Waals surface area contributed by atoms with Crippen LogP contribution in [0.3, 0.4) is 0 Å². The zero-order valence-corrected chi connectivity index (χ0v) is 23.2. The number of fused-ring (bicyclic) bond motifs is 1. The summed E-state index contributed by atoms with van der Waals surface area (Å²) in [5.74, 6) is -1.52. The molecule has 1 atom stereocenters. The first kappa shape index (κ1) is 28.7. The Bertz CT molecular complexity index is 1570. The van der Waals surface area contributed by atoms with Crippen molar-refractivity contribution in [2.75, 3.05) is 19.7 Å². The molecule has 8 nitrogen and oxygen atoms in total. The fourth-order valence-corrected chi connectivity index (χ4v) is 5.48. The summed E-state index contributed by atoms with van der Waals surface area (Å²) in [5, 5.41) is 19.5. The lowest BCUT2D eigenvalue weighted by molar-refractivity contribution is -0.137. The van der Waals surface area contributed by atoms with Crippen LogP contribution in [0.4, 0.5) is 0 Å². The van der Waals surface area contributed by atoms with E-state index in [4.69, 9.17) is 0 Å². The van der Waals surface area contributed by atoms with Crippen LogP contribution in [0.25, 0.3) is 11.1 Å². The molecule has 42 heavy (non-hydrogen) atoms. The average Bonchev–Trinajstić information content (AvgIpc) is 3.04. The Balaban J connectivity index is 1.47. The molecule has 0 saturated heterocycles. The monoisotopic (exact) mass is 563 g/mol. The van der Waals surface area contributed by atoms with Gasteiger partial charge in [0.1, 0.15) is 0 Å². The number of hydrogen-bond donors (Lipinski definition) is 2. The number of carboxylic acids is 1. The highest BCUT2D eigenvalue weighted by Crippen LogP contribution is 2.32. The quantitative estimate of drug-likeness (QED) is 0.295. The molecular weight excluding hydrogens is 530 g/mol. The van der Waals surface area contributed by atoms with Crippen molar-refractivity contribution in [2.45, 2.75) is 31.8 Å². The molecule has 3 aromatic carbocycles. The van der Waals surface area contributed by atoms with Crippen LogP contribution in [0.15, 0.2) is 97.3 Å². The molecule has 0 bridgehead atoms. The molecule has 0 spiro atoms. The van der Waals surface area contributed by atoms with E-state index in [9.17, 15) is 24.6 Å². The van der Waals surface area contributed by atoms with Crippen molar-refractivity contribution in [3.8, 4) is 11.1 Å². The van der Waals surface area contributed by atoms with Gasteiger partial charge in [0, 0.05) is 43.2 Å². The van der Waals surface area contributed by atoms with E-state index >= 15 is 0 Å². The second-order valence-electron chi connectivity index (χ2n) is 10.4. The highest BCUT2D eigenvalue weighted by atomic mass is 16.4. The van der Waals surface area contributed by atoms with Gasteiger partial charge in [0.25, 0.3) is 11.8 Å². The van der Waals surface area contributed by atoms with Gasteiger partial charge in [-0.05, 0) is 58.9 Å². The fourth-order valence-electron chi connectivity index (χ4n) is 5.48. The molecule has 0 saturated carbocycles. The summed E-state index contributed by atoms with van der Waals surface area (Å²) in [5.41, 5.74) is 5.12. The molecule has 0 radical (unpaired) electrons. The minimum Gasteiger partial charge on any atom is -0.481 e. The highest BCUT2D eigenvalue weighted by Gasteiger charge is 2.31. The summed E-state index contributed by atoms with van der Waals surface area (Å²) in [7, 11) is 0. The number of aliphatic hydroxyl groups excluding tert-OH is 1. The van der Waals surface area contributed by atoms with Gasteiger partial charge in [0.2, 0.25) is 0 Å². The first-order valence-corrected chi connectivity index (χ1v) is 14.0. The molecule has 0 unspecified atom stereocenters. The number of carbonyl (C=O) groups excluding carboxylic acids is 2. The smallest absolute Gasteiger partial charge is 0.305 e. The number of carbonyl (C=O) groups is 3. The number of pyridine rings is 1. The number of aliphatic carboxylic acids is 1. The van der Waals surface area contributed by atoms with Crippen LogP contribution in [-0.4, -0.2) is 68.5 Å². The summed E-state index contributed by atoms with van der Waals surface area (Å²) in [6.45, 7) is 0.589. The first-order chi connectivity index (χ1) is 20.5. The molecule has 2 amide bonds. The largest absolute Gasteiger partial charge is 0.481 e. The Morgan fingerprint density at radius 2 is 1.50 bits per heavy atom. The maximum absolute atomic E-state index is 14.1. The van der Waals surface area contributed by atoms with Crippen LogP contribution in [0.5, 0.6) is 0 Å². The van der Waals surface area contributed by atoms with Crippen molar-refractivity contribution in [3.05, 3.63) is 125 Å². The van der Waals surface area contributed by atoms with Crippen LogP contribution in [-0.2, 0) is 24.2 Å². The Kier molecular flexibility index (Phi) is 9.04. The van der Waals surface area contributed by atoms with E-state index in [0.717, 1.165) is 16.7 Å². The summed E-state index contributed by atoms with van der Waals surface area (Å²) < 4.78 is 0. The topological polar surface area (TPSA) is 111 Å². The van der Waals surface area contributed by atoms with E-state index in [0.29, 0.717) is 48.2 Å². The van der Waals surface area contributed by atoms with Crippen LogP contribution in [0, 0.1) is 0 Å². The van der Waals surface area contributed by atoms with Gasteiger partial charge >= 0.3 is 5.97 Å². The zero-order chi connectivity index (χ0) is 29.5. The van der Waals surface area contributed by atoms with Gasteiger partial charge < -0.3 is 20.0 Å². The number of amides is 2. The van der Waals surface area contributed by atoms with E-state index in [1.54, 1.807) is 46.5 Å². The number of hydrogen-bond acceptors (Lipinski definition) is 5. The Morgan fingerprint density at radius 3 is 2.19 bits per heavy atom.